The lowest BCUT2D eigenvalue weighted by molar-refractivity contribution is 0.0671. The second-order valence-electron chi connectivity index (χ2n) is 4.53. The summed E-state index contributed by atoms with van der Waals surface area (Å²) in [5.41, 5.74) is 0.641. The Morgan fingerprint density at radius 3 is 3.18 bits per heavy atom. The predicted molar refractivity (Wildman–Crippen MR) is 68.2 cm³/mol. The molecule has 0 radical (unpaired) electrons. The van der Waals surface area contributed by atoms with E-state index in [1.54, 1.807) is 18.3 Å². The number of piperidine rings is 1. The van der Waals surface area contributed by atoms with E-state index in [9.17, 15) is 4.79 Å². The fourth-order valence-electron chi connectivity index (χ4n) is 2.30. The number of aromatic nitrogens is 1. The van der Waals surface area contributed by atoms with Gasteiger partial charge in [0, 0.05) is 24.8 Å². The van der Waals surface area contributed by atoms with E-state index in [2.05, 4.69) is 11.9 Å². The minimum atomic E-state index is 0.0763. The molecule has 1 aliphatic heterocycles. The Labute approximate surface area is 107 Å². The summed E-state index contributed by atoms with van der Waals surface area (Å²) in [6.07, 6.45) is 5.05. The SMILES string of the molecule is CCC1CCCN(C(=O)c2ccnc(Cl)c2)C1. The molecule has 1 fully saturated rings. The number of halogens is 1. The minimum Gasteiger partial charge on any atom is -0.338 e. The molecule has 1 atom stereocenters. The molecule has 1 unspecified atom stereocenters. The van der Waals surface area contributed by atoms with Gasteiger partial charge in [0.15, 0.2) is 0 Å². The van der Waals surface area contributed by atoms with Gasteiger partial charge in [-0.05, 0) is 30.9 Å². The van der Waals surface area contributed by atoms with Crippen molar-refractivity contribution >= 4 is 17.5 Å². The highest BCUT2D eigenvalue weighted by molar-refractivity contribution is 6.29. The van der Waals surface area contributed by atoms with Gasteiger partial charge in [-0.15, -0.1) is 0 Å². The van der Waals surface area contributed by atoms with E-state index >= 15 is 0 Å². The van der Waals surface area contributed by atoms with Crippen molar-refractivity contribution in [2.45, 2.75) is 26.2 Å². The number of hydrogen-bond donors (Lipinski definition) is 0. The lowest BCUT2D eigenvalue weighted by Gasteiger charge is -2.32. The van der Waals surface area contributed by atoms with Crippen molar-refractivity contribution in [2.75, 3.05) is 13.1 Å². The number of hydrogen-bond acceptors (Lipinski definition) is 2. The van der Waals surface area contributed by atoms with Crippen LogP contribution in [0, 0.1) is 5.92 Å². The van der Waals surface area contributed by atoms with Gasteiger partial charge >= 0.3 is 0 Å². The van der Waals surface area contributed by atoms with E-state index in [0.29, 0.717) is 16.6 Å². The van der Waals surface area contributed by atoms with Gasteiger partial charge in [-0.25, -0.2) is 4.98 Å². The zero-order valence-corrected chi connectivity index (χ0v) is 10.8. The maximum Gasteiger partial charge on any atom is 0.254 e. The molecule has 17 heavy (non-hydrogen) atoms. The highest BCUT2D eigenvalue weighted by atomic mass is 35.5. The van der Waals surface area contributed by atoms with Gasteiger partial charge in [-0.3, -0.25) is 4.79 Å². The molecule has 2 heterocycles. The van der Waals surface area contributed by atoms with Gasteiger partial charge < -0.3 is 4.90 Å². The largest absolute Gasteiger partial charge is 0.338 e. The third kappa shape index (κ3) is 2.97. The smallest absolute Gasteiger partial charge is 0.254 e. The number of amides is 1. The van der Waals surface area contributed by atoms with Crippen LogP contribution in [-0.4, -0.2) is 28.9 Å². The Morgan fingerprint density at radius 1 is 1.65 bits per heavy atom. The van der Waals surface area contributed by atoms with Gasteiger partial charge in [-0.1, -0.05) is 24.9 Å². The second kappa shape index (κ2) is 5.50. The number of carbonyl (C=O) groups excluding carboxylic acids is 1. The van der Waals surface area contributed by atoms with Crippen LogP contribution in [0.3, 0.4) is 0 Å². The lowest BCUT2D eigenvalue weighted by Crippen LogP contribution is -2.39. The number of pyridine rings is 1. The van der Waals surface area contributed by atoms with E-state index in [0.717, 1.165) is 25.9 Å². The first-order valence-electron chi connectivity index (χ1n) is 6.11. The summed E-state index contributed by atoms with van der Waals surface area (Å²) in [4.78, 5) is 18.1. The van der Waals surface area contributed by atoms with E-state index in [1.165, 1.54) is 6.42 Å². The molecule has 92 valence electrons. The molecule has 0 N–H and O–H groups in total. The lowest BCUT2D eigenvalue weighted by atomic mass is 9.95. The Bertz CT molecular complexity index is 408. The maximum atomic E-state index is 12.3. The zero-order chi connectivity index (χ0) is 12.3. The Morgan fingerprint density at radius 2 is 2.47 bits per heavy atom. The van der Waals surface area contributed by atoms with Crippen molar-refractivity contribution in [2.24, 2.45) is 5.92 Å². The van der Waals surface area contributed by atoms with E-state index in [4.69, 9.17) is 11.6 Å². The molecule has 3 nitrogen and oxygen atoms in total. The van der Waals surface area contributed by atoms with Crippen LogP contribution in [0.25, 0.3) is 0 Å². The normalized spacial score (nSPS) is 20.4. The first-order chi connectivity index (χ1) is 8.20. The highest BCUT2D eigenvalue weighted by Crippen LogP contribution is 2.21. The van der Waals surface area contributed by atoms with Gasteiger partial charge in [0.05, 0.1) is 0 Å². The monoisotopic (exact) mass is 252 g/mol. The van der Waals surface area contributed by atoms with Crippen molar-refractivity contribution in [1.82, 2.24) is 9.88 Å². The predicted octanol–water partition coefficient (Wildman–Crippen LogP) is 3.00. The molecular formula is C13H17ClN2O. The Kier molecular flexibility index (Phi) is 4.00. The molecule has 4 heteroatoms. The Hall–Kier alpha value is -1.09. The van der Waals surface area contributed by atoms with E-state index in [-0.39, 0.29) is 5.91 Å². The summed E-state index contributed by atoms with van der Waals surface area (Å²) >= 11 is 5.80. The van der Waals surface area contributed by atoms with E-state index < -0.39 is 0 Å². The van der Waals surface area contributed by atoms with Gasteiger partial charge in [0.1, 0.15) is 5.15 Å². The number of carbonyl (C=O) groups is 1. The summed E-state index contributed by atoms with van der Waals surface area (Å²) in [6.45, 7) is 3.91. The van der Waals surface area contributed by atoms with Crippen molar-refractivity contribution < 1.29 is 4.79 Å². The van der Waals surface area contributed by atoms with E-state index in [1.807, 2.05) is 4.90 Å². The van der Waals surface area contributed by atoms with Crippen molar-refractivity contribution in [3.8, 4) is 0 Å². The van der Waals surface area contributed by atoms with Crippen LogP contribution in [0.1, 0.15) is 36.5 Å². The Balaban J connectivity index is 2.09. The van der Waals surface area contributed by atoms with Gasteiger partial charge in [0.2, 0.25) is 0 Å². The highest BCUT2D eigenvalue weighted by Gasteiger charge is 2.23. The fourth-order valence-corrected chi connectivity index (χ4v) is 2.47. The molecule has 0 aliphatic carbocycles. The second-order valence-corrected chi connectivity index (χ2v) is 4.92. The quantitative estimate of drug-likeness (QED) is 0.758. The van der Waals surface area contributed by atoms with Crippen LogP contribution in [0.4, 0.5) is 0 Å². The maximum absolute atomic E-state index is 12.3. The third-order valence-electron chi connectivity index (χ3n) is 3.36. The third-order valence-corrected chi connectivity index (χ3v) is 3.56. The summed E-state index contributed by atoms with van der Waals surface area (Å²) < 4.78 is 0. The number of nitrogens with zero attached hydrogens (tertiary/aromatic N) is 2. The molecule has 2 rings (SSSR count). The van der Waals surface area contributed by atoms with Crippen molar-refractivity contribution in [1.29, 1.82) is 0 Å². The summed E-state index contributed by atoms with van der Waals surface area (Å²) in [5.74, 6) is 0.720. The number of rotatable bonds is 2. The van der Waals surface area contributed by atoms with Crippen LogP contribution in [0.2, 0.25) is 5.15 Å². The zero-order valence-electron chi connectivity index (χ0n) is 10.0. The van der Waals surface area contributed by atoms with Gasteiger partial charge in [-0.2, -0.15) is 0 Å². The molecular weight excluding hydrogens is 236 g/mol. The van der Waals surface area contributed by atoms with Crippen LogP contribution < -0.4 is 0 Å². The first kappa shape index (κ1) is 12.4. The average Bonchev–Trinajstić information content (AvgIpc) is 2.38. The van der Waals surface area contributed by atoms with Crippen LogP contribution >= 0.6 is 11.6 Å². The molecule has 0 saturated carbocycles. The first-order valence-corrected chi connectivity index (χ1v) is 6.49. The molecule has 0 aromatic carbocycles. The minimum absolute atomic E-state index is 0.0763. The fraction of sp³-hybridized carbons (Fsp3) is 0.538. The summed E-state index contributed by atoms with van der Waals surface area (Å²) in [5, 5.41) is 0.375. The average molecular weight is 253 g/mol. The molecule has 1 amide bonds. The number of likely N-dealkylation sites (tertiary alicyclic amines) is 1. The topological polar surface area (TPSA) is 33.2 Å². The van der Waals surface area contributed by atoms with Crippen LogP contribution in [-0.2, 0) is 0 Å². The summed E-state index contributed by atoms with van der Waals surface area (Å²) in [7, 11) is 0. The molecule has 0 bridgehead atoms. The molecule has 0 spiro atoms. The molecule has 1 aromatic heterocycles. The molecule has 1 aromatic rings. The molecule has 1 saturated heterocycles. The van der Waals surface area contributed by atoms with Crippen LogP contribution in [0.15, 0.2) is 18.3 Å². The van der Waals surface area contributed by atoms with Crippen molar-refractivity contribution in [3.63, 3.8) is 0 Å². The van der Waals surface area contributed by atoms with Gasteiger partial charge in [0.25, 0.3) is 5.91 Å². The molecule has 1 aliphatic rings. The standard InChI is InChI=1S/C13H17ClN2O/c1-2-10-4-3-7-16(9-10)13(17)11-5-6-15-12(14)8-11/h5-6,8,10H,2-4,7,9H2,1H3. The van der Waals surface area contributed by atoms with Crippen molar-refractivity contribution in [3.05, 3.63) is 29.0 Å². The van der Waals surface area contributed by atoms with Crippen LogP contribution in [0.5, 0.6) is 0 Å². The summed E-state index contributed by atoms with van der Waals surface area (Å²) in [6, 6.07) is 3.36.